The lowest BCUT2D eigenvalue weighted by atomic mass is 10.0. The molecule has 100 valence electrons. The number of anilines is 1. The van der Waals surface area contributed by atoms with E-state index < -0.39 is 11.9 Å². The molecule has 0 atom stereocenters. The number of hydrogen-bond donors (Lipinski definition) is 1. The smallest absolute Gasteiger partial charge is 0.397 e. The third-order valence-electron chi connectivity index (χ3n) is 2.58. The third kappa shape index (κ3) is 2.63. The fourth-order valence-corrected chi connectivity index (χ4v) is 1.95. The molecule has 0 aliphatic rings. The van der Waals surface area contributed by atoms with Crippen molar-refractivity contribution in [1.82, 2.24) is 9.97 Å². The number of nitrogens with two attached hydrogens (primary N) is 1. The zero-order valence-corrected chi connectivity index (χ0v) is 10.5. The van der Waals surface area contributed by atoms with Crippen molar-refractivity contribution in [1.29, 1.82) is 0 Å². The van der Waals surface area contributed by atoms with Gasteiger partial charge in [0.15, 0.2) is 5.69 Å². The second-order valence-electron chi connectivity index (χ2n) is 3.89. The Labute approximate surface area is 112 Å². The first kappa shape index (κ1) is 13.6. The first-order chi connectivity index (χ1) is 8.80. The Morgan fingerprint density at radius 1 is 1.26 bits per heavy atom. The highest BCUT2D eigenvalue weighted by Crippen LogP contribution is 2.38. The molecule has 7 heteroatoms. The van der Waals surface area contributed by atoms with E-state index in [1.165, 1.54) is 18.2 Å². The normalized spacial score (nSPS) is 11.6. The summed E-state index contributed by atoms with van der Waals surface area (Å²) in [4.78, 5) is 7.27. The van der Waals surface area contributed by atoms with Gasteiger partial charge >= 0.3 is 6.18 Å². The Hall–Kier alpha value is -1.82. The maximum absolute atomic E-state index is 12.9. The molecule has 0 saturated carbocycles. The zero-order chi connectivity index (χ0) is 14.2. The summed E-state index contributed by atoms with van der Waals surface area (Å²) in [6, 6.07) is 4.01. The average Bonchev–Trinajstić information content (AvgIpc) is 2.33. The highest BCUT2D eigenvalue weighted by atomic mass is 35.5. The first-order valence-electron chi connectivity index (χ1n) is 5.26. The number of hydrogen-bond acceptors (Lipinski definition) is 3. The molecule has 0 aromatic carbocycles. The minimum atomic E-state index is -4.56. The maximum atomic E-state index is 12.9. The number of nitrogens with zero attached hydrogens (tertiary/aromatic N) is 2. The van der Waals surface area contributed by atoms with Crippen LogP contribution in [-0.4, -0.2) is 9.97 Å². The predicted octanol–water partition coefficient (Wildman–Crippen LogP) is 3.71. The summed E-state index contributed by atoms with van der Waals surface area (Å²) in [6.07, 6.45) is -3.48. The van der Waals surface area contributed by atoms with Crippen LogP contribution in [-0.2, 0) is 6.18 Å². The van der Waals surface area contributed by atoms with Crippen molar-refractivity contribution in [3.63, 3.8) is 0 Å². The van der Waals surface area contributed by atoms with Gasteiger partial charge in [-0.25, -0.2) is 4.98 Å². The van der Waals surface area contributed by atoms with Gasteiger partial charge in [0.25, 0.3) is 0 Å². The molecule has 0 aliphatic carbocycles. The summed E-state index contributed by atoms with van der Waals surface area (Å²) >= 11 is 5.77. The summed E-state index contributed by atoms with van der Waals surface area (Å²) in [5.41, 5.74) is 5.38. The van der Waals surface area contributed by atoms with Gasteiger partial charge < -0.3 is 5.73 Å². The molecule has 2 aromatic heterocycles. The van der Waals surface area contributed by atoms with Crippen LogP contribution in [0.4, 0.5) is 18.9 Å². The largest absolute Gasteiger partial charge is 0.433 e. The monoisotopic (exact) mass is 287 g/mol. The van der Waals surface area contributed by atoms with Crippen LogP contribution >= 0.6 is 11.6 Å². The Bertz CT molecular complexity index is 626. The number of halogens is 4. The number of alkyl halides is 3. The molecule has 0 radical (unpaired) electrons. The Balaban J connectivity index is 2.73. The lowest BCUT2D eigenvalue weighted by Crippen LogP contribution is -2.10. The van der Waals surface area contributed by atoms with Crippen molar-refractivity contribution < 1.29 is 13.2 Å². The van der Waals surface area contributed by atoms with E-state index in [1.54, 1.807) is 6.92 Å². The van der Waals surface area contributed by atoms with Gasteiger partial charge in [-0.2, -0.15) is 13.2 Å². The molecule has 19 heavy (non-hydrogen) atoms. The highest BCUT2D eigenvalue weighted by molar-refractivity contribution is 6.29. The summed E-state index contributed by atoms with van der Waals surface area (Å²) in [6.45, 7) is 1.58. The number of aromatic nitrogens is 2. The molecular weight excluding hydrogens is 279 g/mol. The highest BCUT2D eigenvalue weighted by Gasteiger charge is 2.35. The van der Waals surface area contributed by atoms with Crippen molar-refractivity contribution in [2.75, 3.05) is 5.73 Å². The van der Waals surface area contributed by atoms with E-state index in [-0.39, 0.29) is 22.0 Å². The lowest BCUT2D eigenvalue weighted by Gasteiger charge is -2.14. The minimum absolute atomic E-state index is 0.0821. The van der Waals surface area contributed by atoms with Gasteiger partial charge in [0.2, 0.25) is 0 Å². The zero-order valence-electron chi connectivity index (χ0n) is 9.79. The number of aryl methyl sites for hydroxylation is 1. The van der Waals surface area contributed by atoms with Gasteiger partial charge in [0, 0.05) is 17.3 Å². The summed E-state index contributed by atoms with van der Waals surface area (Å²) in [5.74, 6) is 0. The SMILES string of the molecule is Cc1nc(Cl)cc(-c2cccnc2C(F)(F)F)c1N. The molecular formula is C12H9ClF3N3. The van der Waals surface area contributed by atoms with Gasteiger partial charge in [0.05, 0.1) is 11.4 Å². The molecule has 0 fully saturated rings. The van der Waals surface area contributed by atoms with Crippen LogP contribution in [0.3, 0.4) is 0 Å². The summed E-state index contributed by atoms with van der Waals surface area (Å²) in [7, 11) is 0. The van der Waals surface area contributed by atoms with E-state index in [9.17, 15) is 13.2 Å². The molecule has 2 heterocycles. The Morgan fingerprint density at radius 2 is 1.95 bits per heavy atom. The molecule has 0 saturated heterocycles. The number of nitrogen functional groups attached to an aromatic ring is 1. The summed E-state index contributed by atoms with van der Waals surface area (Å²) < 4.78 is 38.7. The van der Waals surface area contributed by atoms with E-state index in [2.05, 4.69) is 9.97 Å². The van der Waals surface area contributed by atoms with E-state index in [4.69, 9.17) is 17.3 Å². The van der Waals surface area contributed by atoms with Crippen molar-refractivity contribution in [3.05, 3.63) is 40.9 Å². The van der Waals surface area contributed by atoms with E-state index in [0.29, 0.717) is 5.69 Å². The van der Waals surface area contributed by atoms with E-state index in [0.717, 1.165) is 6.20 Å². The number of rotatable bonds is 1. The second kappa shape index (κ2) is 4.70. The fraction of sp³-hybridized carbons (Fsp3) is 0.167. The van der Waals surface area contributed by atoms with Gasteiger partial charge in [-0.05, 0) is 19.1 Å². The van der Waals surface area contributed by atoms with Crippen molar-refractivity contribution in [2.45, 2.75) is 13.1 Å². The van der Waals surface area contributed by atoms with Crippen molar-refractivity contribution in [3.8, 4) is 11.1 Å². The van der Waals surface area contributed by atoms with Crippen LogP contribution in [0.25, 0.3) is 11.1 Å². The Morgan fingerprint density at radius 3 is 2.58 bits per heavy atom. The van der Waals surface area contributed by atoms with Crippen LogP contribution in [0.5, 0.6) is 0 Å². The standard InChI is InChI=1S/C12H9ClF3N3/c1-6-10(17)8(5-9(13)19-6)7-3-2-4-18-11(7)12(14,15)16/h2-5H,17H2,1H3. The average molecular weight is 288 g/mol. The topological polar surface area (TPSA) is 51.8 Å². The van der Waals surface area contributed by atoms with Crippen molar-refractivity contribution >= 4 is 17.3 Å². The predicted molar refractivity (Wildman–Crippen MR) is 66.6 cm³/mol. The lowest BCUT2D eigenvalue weighted by molar-refractivity contribution is -0.140. The molecule has 2 rings (SSSR count). The fourth-order valence-electron chi connectivity index (χ4n) is 1.72. The third-order valence-corrected chi connectivity index (χ3v) is 2.78. The minimum Gasteiger partial charge on any atom is -0.397 e. The van der Waals surface area contributed by atoms with Crippen molar-refractivity contribution in [2.24, 2.45) is 0 Å². The Kier molecular flexibility index (Phi) is 3.36. The molecule has 2 N–H and O–H groups in total. The first-order valence-corrected chi connectivity index (χ1v) is 5.63. The molecule has 2 aromatic rings. The maximum Gasteiger partial charge on any atom is 0.433 e. The molecule has 0 unspecified atom stereocenters. The van der Waals surface area contributed by atoms with Gasteiger partial charge in [-0.15, -0.1) is 0 Å². The van der Waals surface area contributed by atoms with Crippen LogP contribution in [0.15, 0.2) is 24.4 Å². The van der Waals surface area contributed by atoms with Gasteiger partial charge in [0.1, 0.15) is 5.15 Å². The second-order valence-corrected chi connectivity index (χ2v) is 4.28. The van der Waals surface area contributed by atoms with E-state index >= 15 is 0 Å². The van der Waals surface area contributed by atoms with Crippen LogP contribution in [0.1, 0.15) is 11.4 Å². The van der Waals surface area contributed by atoms with Gasteiger partial charge in [-0.1, -0.05) is 17.7 Å². The number of pyridine rings is 2. The van der Waals surface area contributed by atoms with Crippen LogP contribution in [0, 0.1) is 6.92 Å². The summed E-state index contributed by atoms with van der Waals surface area (Å²) in [5, 5.41) is 0.0821. The molecule has 0 bridgehead atoms. The molecule has 0 amide bonds. The van der Waals surface area contributed by atoms with E-state index in [1.807, 2.05) is 0 Å². The molecule has 0 aliphatic heterocycles. The van der Waals surface area contributed by atoms with Gasteiger partial charge in [-0.3, -0.25) is 4.98 Å². The molecule has 3 nitrogen and oxygen atoms in total. The van der Waals surface area contributed by atoms with Crippen LogP contribution in [0.2, 0.25) is 5.15 Å². The quantitative estimate of drug-likeness (QED) is 0.814. The molecule has 0 spiro atoms. The van der Waals surface area contributed by atoms with Crippen LogP contribution < -0.4 is 5.73 Å².